The Kier molecular flexibility index (Phi) is 4.93. The Balaban J connectivity index is 1.83. The number of likely N-dealkylation sites (N-methyl/N-ethyl adjacent to an activating group) is 1. The SMILES string of the molecule is CN(C)CC(C)(O)CNCc1csc(-c2ccco2)n1. The average Bonchev–Trinajstić information content (AvgIpc) is 2.96. The maximum Gasteiger partial charge on any atom is 0.162 e. The van der Waals surface area contributed by atoms with Crippen LogP contribution >= 0.6 is 11.3 Å². The second kappa shape index (κ2) is 6.49. The first-order chi connectivity index (χ1) is 9.46. The molecule has 1 atom stereocenters. The molecule has 2 aromatic heterocycles. The highest BCUT2D eigenvalue weighted by atomic mass is 32.1. The fourth-order valence-electron chi connectivity index (χ4n) is 2.10. The van der Waals surface area contributed by atoms with Crippen LogP contribution in [0.25, 0.3) is 10.8 Å². The van der Waals surface area contributed by atoms with Crippen molar-refractivity contribution in [3.05, 3.63) is 29.5 Å². The van der Waals surface area contributed by atoms with Crippen molar-refractivity contribution in [3.8, 4) is 10.8 Å². The number of nitrogens with one attached hydrogen (secondary N) is 1. The molecule has 110 valence electrons. The number of hydrogen-bond acceptors (Lipinski definition) is 6. The lowest BCUT2D eigenvalue weighted by Crippen LogP contribution is -2.45. The van der Waals surface area contributed by atoms with E-state index in [1.165, 1.54) is 0 Å². The van der Waals surface area contributed by atoms with Gasteiger partial charge < -0.3 is 19.7 Å². The van der Waals surface area contributed by atoms with Gasteiger partial charge in [0.1, 0.15) is 0 Å². The van der Waals surface area contributed by atoms with E-state index in [4.69, 9.17) is 4.42 Å². The molecular formula is C14H21N3O2S. The number of furan rings is 1. The van der Waals surface area contributed by atoms with E-state index < -0.39 is 5.60 Å². The van der Waals surface area contributed by atoms with Crippen LogP contribution in [0.5, 0.6) is 0 Å². The Morgan fingerprint density at radius 3 is 2.95 bits per heavy atom. The van der Waals surface area contributed by atoms with Crippen molar-refractivity contribution in [2.24, 2.45) is 0 Å². The van der Waals surface area contributed by atoms with E-state index in [0.717, 1.165) is 16.5 Å². The largest absolute Gasteiger partial charge is 0.462 e. The highest BCUT2D eigenvalue weighted by molar-refractivity contribution is 7.13. The van der Waals surface area contributed by atoms with Crippen molar-refractivity contribution in [2.45, 2.75) is 19.1 Å². The Morgan fingerprint density at radius 2 is 2.30 bits per heavy atom. The van der Waals surface area contributed by atoms with Gasteiger partial charge in [-0.3, -0.25) is 0 Å². The molecule has 5 nitrogen and oxygen atoms in total. The van der Waals surface area contributed by atoms with E-state index >= 15 is 0 Å². The molecule has 2 N–H and O–H groups in total. The van der Waals surface area contributed by atoms with Crippen LogP contribution in [0.4, 0.5) is 0 Å². The first kappa shape index (κ1) is 15.2. The third-order valence-corrected chi connectivity index (χ3v) is 3.66. The number of aliphatic hydroxyl groups is 1. The van der Waals surface area contributed by atoms with E-state index in [-0.39, 0.29) is 0 Å². The van der Waals surface area contributed by atoms with E-state index in [1.54, 1.807) is 17.6 Å². The maximum absolute atomic E-state index is 10.2. The van der Waals surface area contributed by atoms with Gasteiger partial charge in [0, 0.05) is 25.0 Å². The summed E-state index contributed by atoms with van der Waals surface area (Å²) in [6.07, 6.45) is 1.65. The number of nitrogens with zero attached hydrogens (tertiary/aromatic N) is 2. The highest BCUT2D eigenvalue weighted by Gasteiger charge is 2.20. The Hall–Kier alpha value is -1.21. The van der Waals surface area contributed by atoms with Crippen molar-refractivity contribution in [3.63, 3.8) is 0 Å². The molecule has 0 aliphatic carbocycles. The van der Waals surface area contributed by atoms with Crippen molar-refractivity contribution in [2.75, 3.05) is 27.2 Å². The minimum absolute atomic E-state index is 0.527. The number of hydrogen-bond donors (Lipinski definition) is 2. The zero-order chi connectivity index (χ0) is 14.6. The van der Waals surface area contributed by atoms with Gasteiger partial charge in [-0.15, -0.1) is 11.3 Å². The van der Waals surface area contributed by atoms with Crippen LogP contribution in [0.3, 0.4) is 0 Å². The van der Waals surface area contributed by atoms with Crippen LogP contribution in [0, 0.1) is 0 Å². The van der Waals surface area contributed by atoms with Crippen LogP contribution in [0.2, 0.25) is 0 Å². The molecule has 20 heavy (non-hydrogen) atoms. The Bertz CT molecular complexity index is 520. The quantitative estimate of drug-likeness (QED) is 0.815. The zero-order valence-electron chi connectivity index (χ0n) is 12.1. The molecule has 0 bridgehead atoms. The first-order valence-corrected chi connectivity index (χ1v) is 7.40. The molecule has 0 saturated heterocycles. The van der Waals surface area contributed by atoms with Gasteiger partial charge in [-0.1, -0.05) is 0 Å². The van der Waals surface area contributed by atoms with E-state index in [9.17, 15) is 5.11 Å². The zero-order valence-corrected chi connectivity index (χ0v) is 12.9. The van der Waals surface area contributed by atoms with Crippen molar-refractivity contribution in [1.82, 2.24) is 15.2 Å². The summed E-state index contributed by atoms with van der Waals surface area (Å²) in [7, 11) is 3.90. The predicted octanol–water partition coefficient (Wildman–Crippen LogP) is 1.81. The van der Waals surface area contributed by atoms with Crippen LogP contribution in [0.15, 0.2) is 28.2 Å². The van der Waals surface area contributed by atoms with Gasteiger partial charge in [0.25, 0.3) is 0 Å². The monoisotopic (exact) mass is 295 g/mol. The molecule has 2 rings (SSSR count). The summed E-state index contributed by atoms with van der Waals surface area (Å²) in [5, 5.41) is 16.3. The maximum atomic E-state index is 10.2. The summed E-state index contributed by atoms with van der Waals surface area (Å²) in [6, 6.07) is 3.75. The lowest BCUT2D eigenvalue weighted by Gasteiger charge is -2.27. The average molecular weight is 295 g/mol. The van der Waals surface area contributed by atoms with Crippen LogP contribution in [0.1, 0.15) is 12.6 Å². The third-order valence-electron chi connectivity index (χ3n) is 2.75. The standard InChI is InChI=1S/C14H21N3O2S/c1-14(18,10-17(2)3)9-15-7-11-8-20-13(16-11)12-5-4-6-19-12/h4-6,8,15,18H,7,9-10H2,1-3H3. The second-order valence-corrected chi connectivity index (χ2v) is 6.32. The summed E-state index contributed by atoms with van der Waals surface area (Å²) in [4.78, 5) is 6.48. The van der Waals surface area contributed by atoms with Gasteiger partial charge in [0.2, 0.25) is 0 Å². The fourth-order valence-corrected chi connectivity index (χ4v) is 2.88. The first-order valence-electron chi connectivity index (χ1n) is 6.52. The summed E-state index contributed by atoms with van der Waals surface area (Å²) in [5.41, 5.74) is 0.214. The third kappa shape index (κ3) is 4.42. The lowest BCUT2D eigenvalue weighted by atomic mass is 10.1. The molecule has 0 spiro atoms. The number of aromatic nitrogens is 1. The van der Waals surface area contributed by atoms with E-state index in [1.807, 2.05) is 43.4 Å². The molecule has 0 radical (unpaired) electrons. The molecule has 2 heterocycles. The molecule has 0 amide bonds. The van der Waals surface area contributed by atoms with Crippen LogP contribution < -0.4 is 5.32 Å². The minimum atomic E-state index is -0.747. The molecule has 6 heteroatoms. The normalized spacial score (nSPS) is 14.7. The summed E-state index contributed by atoms with van der Waals surface area (Å²) in [6.45, 7) is 3.61. The van der Waals surface area contributed by atoms with Crippen LogP contribution in [-0.2, 0) is 6.54 Å². The molecule has 0 fully saturated rings. The second-order valence-electron chi connectivity index (χ2n) is 5.46. The van der Waals surface area contributed by atoms with E-state index in [2.05, 4.69) is 10.3 Å². The Morgan fingerprint density at radius 1 is 1.50 bits per heavy atom. The van der Waals surface area contributed by atoms with Crippen LogP contribution in [-0.4, -0.2) is 47.8 Å². The minimum Gasteiger partial charge on any atom is -0.462 e. The number of rotatable bonds is 7. The molecule has 0 aliphatic rings. The smallest absolute Gasteiger partial charge is 0.162 e. The van der Waals surface area contributed by atoms with Crippen molar-refractivity contribution >= 4 is 11.3 Å². The van der Waals surface area contributed by atoms with Crippen molar-refractivity contribution < 1.29 is 9.52 Å². The Labute approximate surface area is 123 Å². The summed E-state index contributed by atoms with van der Waals surface area (Å²) in [5.74, 6) is 0.792. The van der Waals surface area contributed by atoms with Gasteiger partial charge in [-0.05, 0) is 33.2 Å². The van der Waals surface area contributed by atoms with Gasteiger partial charge in [-0.2, -0.15) is 0 Å². The van der Waals surface area contributed by atoms with Gasteiger partial charge in [0.15, 0.2) is 10.8 Å². The van der Waals surface area contributed by atoms with Gasteiger partial charge >= 0.3 is 0 Å². The van der Waals surface area contributed by atoms with Gasteiger partial charge in [0.05, 0.1) is 17.6 Å². The molecule has 0 saturated carbocycles. The predicted molar refractivity (Wildman–Crippen MR) is 80.7 cm³/mol. The number of thiazole rings is 1. The highest BCUT2D eigenvalue weighted by Crippen LogP contribution is 2.23. The van der Waals surface area contributed by atoms with Gasteiger partial charge in [-0.25, -0.2) is 4.98 Å². The summed E-state index contributed by atoms with van der Waals surface area (Å²) < 4.78 is 5.32. The molecule has 2 aromatic rings. The summed E-state index contributed by atoms with van der Waals surface area (Å²) >= 11 is 1.56. The molecule has 0 aliphatic heterocycles. The van der Waals surface area contributed by atoms with E-state index in [0.29, 0.717) is 19.6 Å². The lowest BCUT2D eigenvalue weighted by molar-refractivity contribution is 0.0335. The molecule has 0 aromatic carbocycles. The fraction of sp³-hybridized carbons (Fsp3) is 0.500. The molecular weight excluding hydrogens is 274 g/mol. The molecule has 1 unspecified atom stereocenters. The van der Waals surface area contributed by atoms with Crippen molar-refractivity contribution in [1.29, 1.82) is 0 Å². The topological polar surface area (TPSA) is 61.5 Å².